The van der Waals surface area contributed by atoms with Crippen LogP contribution < -0.4 is 4.90 Å². The molecule has 1 N–H and O–H groups in total. The number of hydrogen-bond donors (Lipinski definition) is 1. The third kappa shape index (κ3) is 6.66. The highest BCUT2D eigenvalue weighted by Gasteiger charge is 2.24. The summed E-state index contributed by atoms with van der Waals surface area (Å²) in [6.07, 6.45) is 8.00. The lowest BCUT2D eigenvalue weighted by Crippen LogP contribution is -2.45. The van der Waals surface area contributed by atoms with Crippen molar-refractivity contribution in [2.45, 2.75) is 26.2 Å². The van der Waals surface area contributed by atoms with Crippen molar-refractivity contribution in [2.75, 3.05) is 44.2 Å². The average Bonchev–Trinajstić information content (AvgIpc) is 3.38. The number of carbonyl (C=O) groups is 2. The van der Waals surface area contributed by atoms with E-state index in [1.165, 1.54) is 11.1 Å². The summed E-state index contributed by atoms with van der Waals surface area (Å²) in [7, 11) is 0. The minimum absolute atomic E-state index is 0.167. The second kappa shape index (κ2) is 12.6. The Morgan fingerprint density at radius 1 is 0.949 bits per heavy atom. The van der Waals surface area contributed by atoms with Crippen molar-refractivity contribution in [2.24, 2.45) is 5.92 Å². The molecule has 2 saturated heterocycles. The Hall–Kier alpha value is -4.13. The SMILES string of the molecule is Cc1c[nH]c2ccc(C(=O)N3CCC(Cc4ccccc4)CC3)cc12.O=CN1CCN(c2ccccn2)CC1. The van der Waals surface area contributed by atoms with E-state index in [1.807, 2.05) is 47.5 Å². The van der Waals surface area contributed by atoms with Crippen LogP contribution in [0, 0.1) is 12.8 Å². The number of likely N-dealkylation sites (tertiary alicyclic amines) is 1. The molecule has 2 fully saturated rings. The number of H-pyrrole nitrogens is 1. The van der Waals surface area contributed by atoms with E-state index in [1.54, 1.807) is 11.1 Å². The highest BCUT2D eigenvalue weighted by Crippen LogP contribution is 2.24. The summed E-state index contributed by atoms with van der Waals surface area (Å²) in [6, 6.07) is 22.5. The molecule has 202 valence electrons. The fourth-order valence-corrected chi connectivity index (χ4v) is 5.46. The van der Waals surface area contributed by atoms with Gasteiger partial charge in [0, 0.05) is 68.1 Å². The molecule has 0 radical (unpaired) electrons. The predicted molar refractivity (Wildman–Crippen MR) is 156 cm³/mol. The molecule has 0 unspecified atom stereocenters. The van der Waals surface area contributed by atoms with Crippen LogP contribution in [0.2, 0.25) is 0 Å². The van der Waals surface area contributed by atoms with E-state index in [0.717, 1.165) is 87.2 Å². The van der Waals surface area contributed by atoms with E-state index >= 15 is 0 Å². The van der Waals surface area contributed by atoms with Gasteiger partial charge in [-0.1, -0.05) is 36.4 Å². The van der Waals surface area contributed by atoms with Crippen LogP contribution in [-0.4, -0.2) is 71.4 Å². The van der Waals surface area contributed by atoms with Gasteiger partial charge in [0.1, 0.15) is 5.82 Å². The standard InChI is InChI=1S/C22H24N2O.C10H13N3O/c1-16-15-23-21-8-7-19(14-20(16)21)22(25)24-11-9-18(10-12-24)13-17-5-3-2-4-6-17;14-9-12-5-7-13(8-6-12)10-3-1-2-4-11-10/h2-8,14-15,18,23H,9-13H2,1H3;1-4,9H,5-8H2. The maximum Gasteiger partial charge on any atom is 0.253 e. The molecule has 4 heterocycles. The summed E-state index contributed by atoms with van der Waals surface area (Å²) in [4.78, 5) is 36.9. The minimum atomic E-state index is 0.167. The Balaban J connectivity index is 0.000000186. The van der Waals surface area contributed by atoms with Gasteiger partial charge in [0.15, 0.2) is 0 Å². The molecule has 2 amide bonds. The predicted octanol–water partition coefficient (Wildman–Crippen LogP) is 4.93. The van der Waals surface area contributed by atoms with Crippen molar-refractivity contribution in [3.05, 3.63) is 95.8 Å². The van der Waals surface area contributed by atoms with Crippen LogP contribution in [0.15, 0.2) is 79.1 Å². The summed E-state index contributed by atoms with van der Waals surface area (Å²) < 4.78 is 0. The molecular formula is C32H37N5O2. The van der Waals surface area contributed by atoms with E-state index in [2.05, 4.69) is 52.1 Å². The number of anilines is 1. The highest BCUT2D eigenvalue weighted by atomic mass is 16.2. The van der Waals surface area contributed by atoms with Crippen molar-refractivity contribution < 1.29 is 9.59 Å². The lowest BCUT2D eigenvalue weighted by molar-refractivity contribution is -0.118. The maximum atomic E-state index is 12.9. The molecule has 0 bridgehead atoms. The largest absolute Gasteiger partial charge is 0.361 e. The molecule has 2 aromatic heterocycles. The van der Waals surface area contributed by atoms with E-state index in [-0.39, 0.29) is 5.91 Å². The zero-order chi connectivity index (χ0) is 27.0. The van der Waals surface area contributed by atoms with Crippen LogP contribution in [-0.2, 0) is 11.2 Å². The van der Waals surface area contributed by atoms with Gasteiger partial charge in [0.2, 0.25) is 6.41 Å². The molecule has 7 nitrogen and oxygen atoms in total. The number of benzene rings is 2. The number of nitrogens with one attached hydrogen (secondary N) is 1. The number of aromatic nitrogens is 2. The number of amides is 2. The minimum Gasteiger partial charge on any atom is -0.361 e. The van der Waals surface area contributed by atoms with Crippen molar-refractivity contribution in [3.63, 3.8) is 0 Å². The number of aryl methyl sites for hydroxylation is 1. The lowest BCUT2D eigenvalue weighted by Gasteiger charge is -2.33. The number of hydrogen-bond acceptors (Lipinski definition) is 4. The summed E-state index contributed by atoms with van der Waals surface area (Å²) in [5, 5.41) is 1.14. The van der Waals surface area contributed by atoms with Crippen molar-refractivity contribution >= 4 is 29.0 Å². The van der Waals surface area contributed by atoms with Crippen molar-refractivity contribution in [1.29, 1.82) is 0 Å². The third-order valence-corrected chi connectivity index (χ3v) is 7.84. The van der Waals surface area contributed by atoms with Gasteiger partial charge in [0.25, 0.3) is 5.91 Å². The van der Waals surface area contributed by atoms with Gasteiger partial charge >= 0.3 is 0 Å². The Bertz CT molecular complexity index is 1360. The molecule has 7 heteroatoms. The zero-order valence-corrected chi connectivity index (χ0v) is 22.6. The molecule has 0 saturated carbocycles. The average molecular weight is 524 g/mol. The van der Waals surface area contributed by atoms with Crippen LogP contribution in [0.1, 0.15) is 34.3 Å². The topological polar surface area (TPSA) is 72.5 Å². The zero-order valence-electron chi connectivity index (χ0n) is 22.6. The number of pyridine rings is 1. The quantitative estimate of drug-likeness (QED) is 0.377. The first-order valence-corrected chi connectivity index (χ1v) is 13.9. The van der Waals surface area contributed by atoms with E-state index in [4.69, 9.17) is 0 Å². The number of rotatable bonds is 5. The first-order chi connectivity index (χ1) is 19.1. The molecular weight excluding hydrogens is 486 g/mol. The van der Waals surface area contributed by atoms with Crippen molar-refractivity contribution in [3.8, 4) is 0 Å². The Labute approximate surface area is 230 Å². The Morgan fingerprint density at radius 3 is 2.38 bits per heavy atom. The van der Waals surface area contributed by atoms with Crippen LogP contribution >= 0.6 is 0 Å². The lowest BCUT2D eigenvalue weighted by atomic mass is 9.90. The molecule has 2 aliphatic heterocycles. The second-order valence-corrected chi connectivity index (χ2v) is 10.5. The third-order valence-electron chi connectivity index (χ3n) is 7.84. The molecule has 0 aliphatic carbocycles. The van der Waals surface area contributed by atoms with Gasteiger partial charge < -0.3 is 19.7 Å². The first kappa shape index (κ1) is 26.5. The number of piperazine rings is 1. The molecule has 2 aromatic carbocycles. The van der Waals surface area contributed by atoms with Crippen LogP contribution in [0.4, 0.5) is 5.82 Å². The number of piperidine rings is 1. The van der Waals surface area contributed by atoms with E-state index < -0.39 is 0 Å². The monoisotopic (exact) mass is 523 g/mol. The fourth-order valence-electron chi connectivity index (χ4n) is 5.46. The van der Waals surface area contributed by atoms with Gasteiger partial charge in [-0.3, -0.25) is 9.59 Å². The molecule has 0 atom stereocenters. The normalized spacial score (nSPS) is 16.1. The molecule has 6 rings (SSSR count). The fraction of sp³-hybridized carbons (Fsp3) is 0.344. The molecule has 4 aromatic rings. The Kier molecular flexibility index (Phi) is 8.56. The van der Waals surface area contributed by atoms with Gasteiger partial charge in [0.05, 0.1) is 0 Å². The molecule has 2 aliphatic rings. The summed E-state index contributed by atoms with van der Waals surface area (Å²) in [6.45, 7) is 7.12. The second-order valence-electron chi connectivity index (χ2n) is 10.5. The van der Waals surface area contributed by atoms with Gasteiger partial charge in [-0.15, -0.1) is 0 Å². The molecule has 39 heavy (non-hydrogen) atoms. The van der Waals surface area contributed by atoms with Crippen LogP contribution in [0.25, 0.3) is 10.9 Å². The number of aromatic amines is 1. The first-order valence-electron chi connectivity index (χ1n) is 13.9. The van der Waals surface area contributed by atoms with Crippen LogP contribution in [0.5, 0.6) is 0 Å². The number of fused-ring (bicyclic) bond motifs is 1. The van der Waals surface area contributed by atoms with Gasteiger partial charge in [-0.25, -0.2) is 4.98 Å². The Morgan fingerprint density at radius 2 is 1.69 bits per heavy atom. The van der Waals surface area contributed by atoms with E-state index in [0.29, 0.717) is 5.92 Å². The summed E-state index contributed by atoms with van der Waals surface area (Å²) in [5.41, 5.74) is 4.49. The van der Waals surface area contributed by atoms with Crippen LogP contribution in [0.3, 0.4) is 0 Å². The number of carbonyl (C=O) groups excluding carboxylic acids is 2. The molecule has 0 spiro atoms. The summed E-state index contributed by atoms with van der Waals surface area (Å²) >= 11 is 0. The van der Waals surface area contributed by atoms with Crippen molar-refractivity contribution in [1.82, 2.24) is 19.8 Å². The van der Waals surface area contributed by atoms with Gasteiger partial charge in [-0.2, -0.15) is 0 Å². The highest BCUT2D eigenvalue weighted by molar-refractivity contribution is 5.98. The maximum absolute atomic E-state index is 12.9. The number of nitrogens with zero attached hydrogens (tertiary/aromatic N) is 4. The smallest absolute Gasteiger partial charge is 0.253 e. The summed E-state index contributed by atoms with van der Waals surface area (Å²) in [5.74, 6) is 1.85. The van der Waals surface area contributed by atoms with Gasteiger partial charge in [-0.05, 0) is 73.6 Å². The van der Waals surface area contributed by atoms with E-state index in [9.17, 15) is 9.59 Å².